The van der Waals surface area contributed by atoms with Crippen molar-refractivity contribution in [3.8, 4) is 22.3 Å². The third-order valence-electron chi connectivity index (χ3n) is 7.62. The van der Waals surface area contributed by atoms with Crippen molar-refractivity contribution in [2.24, 2.45) is 13.0 Å². The number of nitrogen functional groups attached to an aromatic ring is 1. The van der Waals surface area contributed by atoms with Crippen molar-refractivity contribution < 1.29 is 9.59 Å². The third-order valence-corrected chi connectivity index (χ3v) is 7.62. The molecule has 0 bridgehead atoms. The van der Waals surface area contributed by atoms with Crippen LogP contribution in [0.2, 0.25) is 0 Å². The van der Waals surface area contributed by atoms with Crippen LogP contribution in [0.15, 0.2) is 66.1 Å². The van der Waals surface area contributed by atoms with Crippen LogP contribution >= 0.6 is 0 Å². The van der Waals surface area contributed by atoms with Gasteiger partial charge < -0.3 is 16.0 Å². The molecule has 1 fully saturated rings. The molecule has 5 aromatic rings. The van der Waals surface area contributed by atoms with E-state index in [4.69, 9.17) is 5.73 Å². The van der Waals surface area contributed by atoms with E-state index in [1.54, 1.807) is 41.4 Å². The fourth-order valence-electron chi connectivity index (χ4n) is 5.30. The number of pyridine rings is 2. The number of nitrogens with one attached hydrogen (secondary N) is 1. The van der Waals surface area contributed by atoms with Gasteiger partial charge in [0.25, 0.3) is 11.5 Å². The Morgan fingerprint density at radius 1 is 1.02 bits per heavy atom. The summed E-state index contributed by atoms with van der Waals surface area (Å²) >= 11 is 0. The van der Waals surface area contributed by atoms with E-state index < -0.39 is 11.5 Å². The Kier molecular flexibility index (Phi) is 7.18. The number of rotatable bonds is 7. The minimum atomic E-state index is -0.600. The van der Waals surface area contributed by atoms with Gasteiger partial charge in [-0.05, 0) is 24.5 Å². The molecule has 0 atom stereocenters. The first-order valence-corrected chi connectivity index (χ1v) is 13.9. The lowest BCUT2D eigenvalue weighted by atomic mass is 9.95. The fraction of sp³-hybridized carbons (Fsp3) is 0.258. The first kappa shape index (κ1) is 27.8. The molecule has 0 saturated carbocycles. The molecule has 2 amide bonds. The second-order valence-electron chi connectivity index (χ2n) is 11.0. The molecule has 5 heterocycles. The molecule has 6 rings (SSSR count). The highest BCUT2D eigenvalue weighted by Gasteiger charge is 2.29. The van der Waals surface area contributed by atoms with Gasteiger partial charge in [0, 0.05) is 79.1 Å². The second-order valence-corrected chi connectivity index (χ2v) is 11.0. The van der Waals surface area contributed by atoms with Crippen molar-refractivity contribution in [2.45, 2.75) is 26.9 Å². The van der Waals surface area contributed by atoms with E-state index in [1.807, 2.05) is 37.4 Å². The zero-order valence-corrected chi connectivity index (χ0v) is 24.1. The van der Waals surface area contributed by atoms with Crippen LogP contribution in [-0.4, -0.2) is 59.1 Å². The maximum absolute atomic E-state index is 13.9. The average molecular weight is 578 g/mol. The molecule has 12 heteroatoms. The number of amides is 2. The standard InChI is InChI=1S/C31H31N9O3/c1-18-4-6-20(7-5-18)9-34-29(42)24-8-23-27(21-10-35-31(32)36-11-21)25(22-12-37-38(3)16-22)13-33-28(23)40(30(24)43)17-26(41)39-14-19(2)15-39/h4-8,10-13,16,19H,9,14-15,17H2,1-3H3,(H,34,42)(H2,32,35,36). The Bertz CT molecular complexity index is 1900. The van der Waals surface area contributed by atoms with Crippen molar-refractivity contribution in [3.05, 3.63) is 88.4 Å². The predicted molar refractivity (Wildman–Crippen MR) is 162 cm³/mol. The SMILES string of the molecule is Cc1ccc(CNC(=O)c2cc3c(-c4cnc(N)nc4)c(-c4cnn(C)c4)cnc3n(CC(=O)N3CC(C)C3)c2=O)cc1. The highest BCUT2D eigenvalue weighted by Crippen LogP contribution is 2.36. The summed E-state index contributed by atoms with van der Waals surface area (Å²) in [4.78, 5) is 55.4. The molecule has 1 saturated heterocycles. The van der Waals surface area contributed by atoms with Gasteiger partial charge in [-0.3, -0.25) is 23.6 Å². The fourth-order valence-corrected chi connectivity index (χ4v) is 5.30. The summed E-state index contributed by atoms with van der Waals surface area (Å²) in [5.41, 5.74) is 10.0. The number of aryl methyl sites for hydroxylation is 2. The van der Waals surface area contributed by atoms with E-state index in [9.17, 15) is 14.4 Å². The Hall–Kier alpha value is -5.39. The minimum absolute atomic E-state index is 0.104. The number of carbonyl (C=O) groups excluding carboxylic acids is 2. The summed E-state index contributed by atoms with van der Waals surface area (Å²) in [5.74, 6) is -0.271. The van der Waals surface area contributed by atoms with Gasteiger partial charge in [-0.25, -0.2) is 15.0 Å². The molecule has 218 valence electrons. The molecule has 3 N–H and O–H groups in total. The summed E-state index contributed by atoms with van der Waals surface area (Å²) in [5, 5.41) is 7.66. The number of anilines is 1. The topological polar surface area (TPSA) is 154 Å². The summed E-state index contributed by atoms with van der Waals surface area (Å²) < 4.78 is 2.95. The van der Waals surface area contributed by atoms with Gasteiger partial charge in [-0.2, -0.15) is 5.10 Å². The first-order valence-electron chi connectivity index (χ1n) is 13.9. The largest absolute Gasteiger partial charge is 0.368 e. The van der Waals surface area contributed by atoms with Crippen LogP contribution in [0.5, 0.6) is 0 Å². The van der Waals surface area contributed by atoms with Crippen LogP contribution in [0.3, 0.4) is 0 Å². The van der Waals surface area contributed by atoms with Crippen LogP contribution in [0.25, 0.3) is 33.3 Å². The second kappa shape index (κ2) is 11.1. The first-order chi connectivity index (χ1) is 20.7. The van der Waals surface area contributed by atoms with E-state index in [0.29, 0.717) is 41.1 Å². The van der Waals surface area contributed by atoms with Crippen LogP contribution < -0.4 is 16.6 Å². The maximum atomic E-state index is 13.9. The Morgan fingerprint density at radius 3 is 2.40 bits per heavy atom. The van der Waals surface area contributed by atoms with Crippen molar-refractivity contribution in [1.82, 2.24) is 39.5 Å². The van der Waals surface area contributed by atoms with E-state index in [-0.39, 0.29) is 36.2 Å². The third kappa shape index (κ3) is 5.46. The predicted octanol–water partition coefficient (Wildman–Crippen LogP) is 2.55. The lowest BCUT2D eigenvalue weighted by Crippen LogP contribution is -2.50. The van der Waals surface area contributed by atoms with Gasteiger partial charge in [-0.1, -0.05) is 36.8 Å². The van der Waals surface area contributed by atoms with Gasteiger partial charge in [0.1, 0.15) is 17.8 Å². The highest BCUT2D eigenvalue weighted by atomic mass is 16.2. The molecular weight excluding hydrogens is 546 g/mol. The number of nitrogens with zero attached hydrogens (tertiary/aromatic N) is 7. The number of hydrogen-bond acceptors (Lipinski definition) is 8. The average Bonchev–Trinajstić information content (AvgIpc) is 3.42. The molecule has 1 aromatic carbocycles. The normalized spacial score (nSPS) is 13.2. The summed E-state index contributed by atoms with van der Waals surface area (Å²) in [6, 6.07) is 9.29. The zero-order valence-electron chi connectivity index (χ0n) is 24.1. The van der Waals surface area contributed by atoms with E-state index >= 15 is 0 Å². The highest BCUT2D eigenvalue weighted by molar-refractivity contribution is 6.05. The molecular formula is C31H31N9O3. The van der Waals surface area contributed by atoms with Gasteiger partial charge >= 0.3 is 0 Å². The molecule has 1 aliphatic rings. The number of aromatic nitrogens is 6. The quantitative estimate of drug-likeness (QED) is 0.299. The molecule has 4 aromatic heterocycles. The van der Waals surface area contributed by atoms with Gasteiger partial charge in [0.05, 0.1) is 6.20 Å². The van der Waals surface area contributed by atoms with E-state index in [1.165, 1.54) is 10.6 Å². The molecule has 0 radical (unpaired) electrons. The van der Waals surface area contributed by atoms with Crippen LogP contribution in [0.1, 0.15) is 28.4 Å². The number of likely N-dealkylation sites (tertiary alicyclic amines) is 1. The number of fused-ring (bicyclic) bond motifs is 1. The van der Waals surface area contributed by atoms with Gasteiger partial charge in [-0.15, -0.1) is 0 Å². The zero-order chi connectivity index (χ0) is 30.2. The van der Waals surface area contributed by atoms with Crippen molar-refractivity contribution in [2.75, 3.05) is 18.8 Å². The Morgan fingerprint density at radius 2 is 1.74 bits per heavy atom. The molecule has 1 aliphatic heterocycles. The summed E-state index contributed by atoms with van der Waals surface area (Å²) in [7, 11) is 1.81. The molecule has 0 unspecified atom stereocenters. The molecule has 43 heavy (non-hydrogen) atoms. The van der Waals surface area contributed by atoms with Crippen LogP contribution in [0.4, 0.5) is 5.95 Å². The minimum Gasteiger partial charge on any atom is -0.368 e. The number of hydrogen-bond donors (Lipinski definition) is 2. The number of benzene rings is 1. The monoisotopic (exact) mass is 577 g/mol. The maximum Gasteiger partial charge on any atom is 0.265 e. The lowest BCUT2D eigenvalue weighted by molar-refractivity contribution is -0.137. The van der Waals surface area contributed by atoms with Gasteiger partial charge in [0.15, 0.2) is 0 Å². The molecule has 0 aliphatic carbocycles. The van der Waals surface area contributed by atoms with E-state index in [2.05, 4.69) is 32.3 Å². The molecule has 0 spiro atoms. The lowest BCUT2D eigenvalue weighted by Gasteiger charge is -2.37. The van der Waals surface area contributed by atoms with Crippen LogP contribution in [-0.2, 0) is 24.9 Å². The van der Waals surface area contributed by atoms with Crippen LogP contribution in [0, 0.1) is 12.8 Å². The van der Waals surface area contributed by atoms with Crippen molar-refractivity contribution in [1.29, 1.82) is 0 Å². The smallest absolute Gasteiger partial charge is 0.265 e. The number of carbonyl (C=O) groups is 2. The Labute approximate surface area is 247 Å². The van der Waals surface area contributed by atoms with Crippen molar-refractivity contribution >= 4 is 28.8 Å². The summed E-state index contributed by atoms with van der Waals surface area (Å²) in [6.45, 7) is 5.27. The Balaban J connectivity index is 1.53. The summed E-state index contributed by atoms with van der Waals surface area (Å²) in [6.07, 6.45) is 8.33. The van der Waals surface area contributed by atoms with Crippen molar-refractivity contribution in [3.63, 3.8) is 0 Å². The number of nitrogens with two attached hydrogens (primary N) is 1. The van der Waals surface area contributed by atoms with E-state index in [0.717, 1.165) is 16.7 Å². The molecule has 12 nitrogen and oxygen atoms in total. The van der Waals surface area contributed by atoms with Gasteiger partial charge in [0.2, 0.25) is 11.9 Å².